The number of hydrogen-bond donors (Lipinski definition) is 0. The zero-order chi connectivity index (χ0) is 17.3. The number of rotatable bonds is 3. The van der Waals surface area contributed by atoms with Crippen LogP contribution in [0.1, 0.15) is 5.56 Å². The normalized spacial score (nSPS) is 16.1. The SMILES string of the molecule is CN(C)c1ccc(/C=C2\SC(=O)N(c3ccccc3F)C2=O)cc1. The van der Waals surface area contributed by atoms with Crippen LogP contribution in [0.4, 0.5) is 20.6 Å². The van der Waals surface area contributed by atoms with Crippen molar-refractivity contribution in [2.75, 3.05) is 23.9 Å². The largest absolute Gasteiger partial charge is 0.378 e. The van der Waals surface area contributed by atoms with E-state index in [0.29, 0.717) is 0 Å². The first kappa shape index (κ1) is 16.3. The van der Waals surface area contributed by atoms with E-state index in [-0.39, 0.29) is 10.6 Å². The van der Waals surface area contributed by atoms with E-state index in [2.05, 4.69) is 0 Å². The number of thioether (sulfide) groups is 1. The number of imide groups is 1. The molecule has 1 aliphatic rings. The maximum atomic E-state index is 13.9. The van der Waals surface area contributed by atoms with Gasteiger partial charge >= 0.3 is 0 Å². The number of nitrogens with zero attached hydrogens (tertiary/aromatic N) is 2. The second-order valence-electron chi connectivity index (χ2n) is 5.45. The Bertz CT molecular complexity index is 831. The molecule has 1 aliphatic heterocycles. The van der Waals surface area contributed by atoms with E-state index < -0.39 is 17.0 Å². The summed E-state index contributed by atoms with van der Waals surface area (Å²) in [6.45, 7) is 0. The van der Waals surface area contributed by atoms with Crippen LogP contribution in [0, 0.1) is 5.82 Å². The maximum absolute atomic E-state index is 13.9. The summed E-state index contributed by atoms with van der Waals surface area (Å²) in [5.41, 5.74) is 1.82. The number of para-hydroxylation sites is 1. The van der Waals surface area contributed by atoms with Crippen LogP contribution >= 0.6 is 11.8 Å². The van der Waals surface area contributed by atoms with Gasteiger partial charge in [0.05, 0.1) is 10.6 Å². The molecule has 24 heavy (non-hydrogen) atoms. The van der Waals surface area contributed by atoms with E-state index in [9.17, 15) is 14.0 Å². The Kier molecular flexibility index (Phi) is 4.40. The van der Waals surface area contributed by atoms with Crippen molar-refractivity contribution in [3.63, 3.8) is 0 Å². The van der Waals surface area contributed by atoms with Crippen LogP contribution in [0.15, 0.2) is 53.4 Å². The Labute approximate surface area is 143 Å². The van der Waals surface area contributed by atoms with Gasteiger partial charge in [0, 0.05) is 19.8 Å². The summed E-state index contributed by atoms with van der Waals surface area (Å²) in [5.74, 6) is -1.11. The Balaban J connectivity index is 1.90. The number of carbonyl (C=O) groups excluding carboxylic acids is 2. The van der Waals surface area contributed by atoms with Gasteiger partial charge in [-0.05, 0) is 47.7 Å². The van der Waals surface area contributed by atoms with E-state index >= 15 is 0 Å². The first-order valence-electron chi connectivity index (χ1n) is 7.27. The molecule has 0 N–H and O–H groups in total. The summed E-state index contributed by atoms with van der Waals surface area (Å²) in [6.07, 6.45) is 1.64. The van der Waals surface area contributed by atoms with Crippen LogP contribution in [0.5, 0.6) is 0 Å². The van der Waals surface area contributed by atoms with Crippen molar-refractivity contribution < 1.29 is 14.0 Å². The third-order valence-corrected chi connectivity index (χ3v) is 4.46. The standard InChI is InChI=1S/C18H15FN2O2S/c1-20(2)13-9-7-12(8-10-13)11-16-17(22)21(18(23)24-16)15-6-4-3-5-14(15)19/h3-11H,1-2H3/b16-11-. The molecule has 6 heteroatoms. The Morgan fingerprint density at radius 1 is 1.04 bits per heavy atom. The molecule has 0 atom stereocenters. The quantitative estimate of drug-likeness (QED) is 0.787. The van der Waals surface area contributed by atoms with Gasteiger partial charge in [0.25, 0.3) is 11.1 Å². The highest BCUT2D eigenvalue weighted by Gasteiger charge is 2.37. The molecule has 0 unspecified atom stereocenters. The maximum Gasteiger partial charge on any atom is 0.298 e. The van der Waals surface area contributed by atoms with Gasteiger partial charge in [0.2, 0.25) is 0 Å². The molecule has 0 radical (unpaired) electrons. The molecule has 0 aliphatic carbocycles. The van der Waals surface area contributed by atoms with Crippen molar-refractivity contribution >= 4 is 40.4 Å². The third-order valence-electron chi connectivity index (χ3n) is 3.59. The van der Waals surface area contributed by atoms with E-state index in [1.807, 2.05) is 43.3 Å². The van der Waals surface area contributed by atoms with Crippen molar-refractivity contribution in [1.82, 2.24) is 0 Å². The van der Waals surface area contributed by atoms with Gasteiger partial charge in [-0.2, -0.15) is 0 Å². The van der Waals surface area contributed by atoms with E-state index in [1.165, 1.54) is 18.2 Å². The van der Waals surface area contributed by atoms with Gasteiger partial charge in [0.15, 0.2) is 0 Å². The molecule has 1 fully saturated rings. The Morgan fingerprint density at radius 3 is 2.33 bits per heavy atom. The number of hydrogen-bond acceptors (Lipinski definition) is 4. The number of amides is 2. The average Bonchev–Trinajstić information content (AvgIpc) is 2.83. The van der Waals surface area contributed by atoms with Crippen molar-refractivity contribution in [3.05, 3.63) is 64.8 Å². The Hall–Kier alpha value is -2.60. The van der Waals surface area contributed by atoms with E-state index in [1.54, 1.807) is 12.1 Å². The molecule has 0 saturated carbocycles. The lowest BCUT2D eigenvalue weighted by atomic mass is 10.2. The monoisotopic (exact) mass is 342 g/mol. The van der Waals surface area contributed by atoms with Gasteiger partial charge in [-0.25, -0.2) is 9.29 Å². The second-order valence-corrected chi connectivity index (χ2v) is 6.45. The van der Waals surface area contributed by atoms with Gasteiger partial charge in [-0.1, -0.05) is 24.3 Å². The molecular formula is C18H15FN2O2S. The van der Waals surface area contributed by atoms with Crippen molar-refractivity contribution in [1.29, 1.82) is 0 Å². The average molecular weight is 342 g/mol. The summed E-state index contributed by atoms with van der Waals surface area (Å²) in [6, 6.07) is 13.3. The predicted octanol–water partition coefficient (Wildman–Crippen LogP) is 4.13. The zero-order valence-corrected chi connectivity index (χ0v) is 14.0. The number of halogens is 1. The van der Waals surface area contributed by atoms with Crippen LogP contribution < -0.4 is 9.80 Å². The lowest BCUT2D eigenvalue weighted by Gasteiger charge is -2.13. The fourth-order valence-electron chi connectivity index (χ4n) is 2.33. The smallest absolute Gasteiger partial charge is 0.298 e. The lowest BCUT2D eigenvalue weighted by molar-refractivity contribution is -0.113. The molecule has 4 nitrogen and oxygen atoms in total. The molecule has 2 aromatic rings. The summed E-state index contributed by atoms with van der Waals surface area (Å²) in [5, 5.41) is -0.499. The molecule has 1 heterocycles. The highest BCUT2D eigenvalue weighted by atomic mass is 32.2. The molecule has 0 aromatic heterocycles. The molecular weight excluding hydrogens is 327 g/mol. The van der Waals surface area contributed by atoms with Crippen LogP contribution in [0.2, 0.25) is 0 Å². The Morgan fingerprint density at radius 2 is 1.71 bits per heavy atom. The zero-order valence-electron chi connectivity index (χ0n) is 13.2. The fraction of sp³-hybridized carbons (Fsp3) is 0.111. The first-order valence-corrected chi connectivity index (χ1v) is 8.09. The molecule has 0 spiro atoms. The predicted molar refractivity (Wildman–Crippen MR) is 95.6 cm³/mol. The van der Waals surface area contributed by atoms with E-state index in [4.69, 9.17) is 0 Å². The third kappa shape index (κ3) is 3.05. The van der Waals surface area contributed by atoms with Crippen molar-refractivity contribution in [3.8, 4) is 0 Å². The topological polar surface area (TPSA) is 40.6 Å². The number of carbonyl (C=O) groups is 2. The molecule has 2 aromatic carbocycles. The molecule has 122 valence electrons. The van der Waals surface area contributed by atoms with Crippen molar-refractivity contribution in [2.24, 2.45) is 0 Å². The molecule has 1 saturated heterocycles. The first-order chi connectivity index (χ1) is 11.5. The minimum absolute atomic E-state index is 0.0219. The van der Waals surface area contributed by atoms with Gasteiger partial charge < -0.3 is 4.90 Å². The highest BCUT2D eigenvalue weighted by molar-refractivity contribution is 8.19. The van der Waals surface area contributed by atoms with Crippen LogP contribution in [-0.2, 0) is 4.79 Å². The lowest BCUT2D eigenvalue weighted by Crippen LogP contribution is -2.28. The van der Waals surface area contributed by atoms with Gasteiger partial charge in [0.1, 0.15) is 5.82 Å². The minimum Gasteiger partial charge on any atom is -0.378 e. The van der Waals surface area contributed by atoms with Crippen LogP contribution in [-0.4, -0.2) is 25.2 Å². The molecule has 3 rings (SSSR count). The number of benzene rings is 2. The summed E-state index contributed by atoms with van der Waals surface area (Å²) in [7, 11) is 3.88. The van der Waals surface area contributed by atoms with Gasteiger partial charge in [-0.3, -0.25) is 9.59 Å². The van der Waals surface area contributed by atoms with Crippen molar-refractivity contribution in [2.45, 2.75) is 0 Å². The number of anilines is 2. The fourth-order valence-corrected chi connectivity index (χ4v) is 3.16. The van der Waals surface area contributed by atoms with Gasteiger partial charge in [-0.15, -0.1) is 0 Å². The minimum atomic E-state index is -0.601. The van der Waals surface area contributed by atoms with Crippen LogP contribution in [0.3, 0.4) is 0 Å². The summed E-state index contributed by atoms with van der Waals surface area (Å²) in [4.78, 5) is 27.7. The second kappa shape index (κ2) is 6.49. The molecule has 2 amide bonds. The highest BCUT2D eigenvalue weighted by Crippen LogP contribution is 2.36. The molecule has 0 bridgehead atoms. The van der Waals surface area contributed by atoms with E-state index in [0.717, 1.165) is 27.9 Å². The van der Waals surface area contributed by atoms with Crippen LogP contribution in [0.25, 0.3) is 6.08 Å². The summed E-state index contributed by atoms with van der Waals surface area (Å²) >= 11 is 0.812. The summed E-state index contributed by atoms with van der Waals surface area (Å²) < 4.78 is 13.9.